The number of nitrogens with two attached hydrogens (primary N) is 1. The van der Waals surface area contributed by atoms with E-state index in [1.807, 2.05) is 0 Å². The Labute approximate surface area is 116 Å². The van der Waals surface area contributed by atoms with E-state index in [4.69, 9.17) is 10.5 Å². The Morgan fingerprint density at radius 1 is 1.20 bits per heavy atom. The number of hydrogen-bond acceptors (Lipinski definition) is 5. The molecule has 0 aliphatic carbocycles. The first kappa shape index (κ1) is 13.1. The number of amides is 1. The van der Waals surface area contributed by atoms with Gasteiger partial charge in [-0.2, -0.15) is 0 Å². The Bertz CT molecular complexity index is 703. The minimum Gasteiger partial charge on any atom is -0.397 e. The lowest BCUT2D eigenvalue weighted by Gasteiger charge is -2.27. The maximum atomic E-state index is 12.5. The smallest absolute Gasteiger partial charge is 0.268 e. The van der Waals surface area contributed by atoms with Gasteiger partial charge in [0.1, 0.15) is 0 Å². The molecule has 0 unspecified atom stereocenters. The zero-order valence-electron chi connectivity index (χ0n) is 10.7. The zero-order chi connectivity index (χ0) is 14.3. The molecule has 0 aromatic heterocycles. The van der Waals surface area contributed by atoms with E-state index in [1.54, 1.807) is 18.2 Å². The van der Waals surface area contributed by atoms with Crippen LogP contribution in [0.25, 0.3) is 5.70 Å². The fourth-order valence-electron chi connectivity index (χ4n) is 2.44. The standard InChI is InChI=1S/C13H14N2O4S/c14-11-9-3-1-2-4-10(9)20(17,18)12(11)13(16)15-5-7-19-8-6-15/h1-4H,5-8,14H2. The van der Waals surface area contributed by atoms with E-state index < -0.39 is 15.7 Å². The third-order valence-corrected chi connectivity index (χ3v) is 5.34. The van der Waals surface area contributed by atoms with E-state index in [0.717, 1.165) is 0 Å². The highest BCUT2D eigenvalue weighted by molar-refractivity contribution is 7.97. The molecule has 3 rings (SSSR count). The van der Waals surface area contributed by atoms with Crippen LogP contribution >= 0.6 is 0 Å². The summed E-state index contributed by atoms with van der Waals surface area (Å²) in [5, 5.41) is 0. The molecular formula is C13H14N2O4S. The molecule has 1 aromatic rings. The molecule has 2 heterocycles. The number of carbonyl (C=O) groups is 1. The number of sulfone groups is 1. The maximum absolute atomic E-state index is 12.5. The van der Waals surface area contributed by atoms with Gasteiger partial charge >= 0.3 is 0 Å². The normalized spacial score (nSPS) is 20.9. The summed E-state index contributed by atoms with van der Waals surface area (Å²) in [6.45, 7) is 1.57. The van der Waals surface area contributed by atoms with Gasteiger partial charge in [-0.3, -0.25) is 4.79 Å². The highest BCUT2D eigenvalue weighted by Crippen LogP contribution is 2.37. The second-order valence-corrected chi connectivity index (χ2v) is 6.50. The van der Waals surface area contributed by atoms with Crippen LogP contribution in [0.3, 0.4) is 0 Å². The molecule has 2 aliphatic rings. The molecule has 7 heteroatoms. The van der Waals surface area contributed by atoms with Gasteiger partial charge in [0.05, 0.1) is 23.8 Å². The third-order valence-electron chi connectivity index (χ3n) is 3.47. The molecule has 0 bridgehead atoms. The Hall–Kier alpha value is -1.86. The van der Waals surface area contributed by atoms with Crippen LogP contribution in [0.2, 0.25) is 0 Å². The summed E-state index contributed by atoms with van der Waals surface area (Å²) in [5.74, 6) is -0.540. The van der Waals surface area contributed by atoms with Gasteiger partial charge in [0, 0.05) is 18.7 Å². The maximum Gasteiger partial charge on any atom is 0.268 e. The van der Waals surface area contributed by atoms with Crippen LogP contribution in [0.15, 0.2) is 34.1 Å². The van der Waals surface area contributed by atoms with Gasteiger partial charge in [0.25, 0.3) is 5.91 Å². The topological polar surface area (TPSA) is 89.7 Å². The van der Waals surface area contributed by atoms with Crippen LogP contribution in [-0.4, -0.2) is 45.5 Å². The first-order valence-electron chi connectivity index (χ1n) is 6.25. The lowest BCUT2D eigenvalue weighted by Crippen LogP contribution is -2.42. The van der Waals surface area contributed by atoms with Gasteiger partial charge in [0.15, 0.2) is 4.91 Å². The predicted molar refractivity (Wildman–Crippen MR) is 72.1 cm³/mol. The van der Waals surface area contributed by atoms with E-state index in [1.165, 1.54) is 11.0 Å². The largest absolute Gasteiger partial charge is 0.397 e. The number of carbonyl (C=O) groups excluding carboxylic acids is 1. The third kappa shape index (κ3) is 1.82. The van der Waals surface area contributed by atoms with Gasteiger partial charge in [-0.15, -0.1) is 0 Å². The Morgan fingerprint density at radius 2 is 1.85 bits per heavy atom. The van der Waals surface area contributed by atoms with Crippen molar-refractivity contribution in [2.75, 3.05) is 26.3 Å². The molecule has 1 saturated heterocycles. The number of hydrogen-bond donors (Lipinski definition) is 1. The Balaban J connectivity index is 2.06. The fraction of sp³-hybridized carbons (Fsp3) is 0.308. The van der Waals surface area contributed by atoms with E-state index >= 15 is 0 Å². The molecule has 0 spiro atoms. The van der Waals surface area contributed by atoms with Crippen molar-refractivity contribution >= 4 is 21.4 Å². The number of morpholine rings is 1. The van der Waals surface area contributed by atoms with Gasteiger partial charge in [-0.1, -0.05) is 18.2 Å². The average Bonchev–Trinajstić information content (AvgIpc) is 2.67. The van der Waals surface area contributed by atoms with Crippen molar-refractivity contribution in [3.8, 4) is 0 Å². The molecule has 1 aromatic carbocycles. The van der Waals surface area contributed by atoms with Crippen molar-refractivity contribution in [3.63, 3.8) is 0 Å². The molecular weight excluding hydrogens is 280 g/mol. The average molecular weight is 294 g/mol. The first-order chi connectivity index (χ1) is 9.53. The second-order valence-electron chi connectivity index (χ2n) is 4.65. The van der Waals surface area contributed by atoms with Crippen LogP contribution in [0.4, 0.5) is 0 Å². The first-order valence-corrected chi connectivity index (χ1v) is 7.73. The summed E-state index contributed by atoms with van der Waals surface area (Å²) < 4.78 is 30.1. The summed E-state index contributed by atoms with van der Waals surface area (Å²) in [6.07, 6.45) is 0. The molecule has 20 heavy (non-hydrogen) atoms. The van der Waals surface area contributed by atoms with Crippen LogP contribution in [0.5, 0.6) is 0 Å². The summed E-state index contributed by atoms with van der Waals surface area (Å²) in [4.78, 5) is 13.7. The van der Waals surface area contributed by atoms with Crippen molar-refractivity contribution in [2.45, 2.75) is 4.90 Å². The summed E-state index contributed by atoms with van der Waals surface area (Å²) >= 11 is 0. The number of rotatable bonds is 1. The highest BCUT2D eigenvalue weighted by atomic mass is 32.2. The van der Waals surface area contributed by atoms with E-state index in [9.17, 15) is 13.2 Å². The lowest BCUT2D eigenvalue weighted by atomic mass is 10.1. The summed E-state index contributed by atoms with van der Waals surface area (Å²) in [7, 11) is -3.82. The van der Waals surface area contributed by atoms with Gasteiger partial charge in [-0.25, -0.2) is 8.42 Å². The molecule has 106 valence electrons. The number of benzene rings is 1. The molecule has 0 saturated carbocycles. The SMILES string of the molecule is NC1=C(C(=O)N2CCOCC2)S(=O)(=O)c2ccccc21. The van der Waals surface area contributed by atoms with Crippen LogP contribution in [-0.2, 0) is 19.4 Å². The Kier molecular flexibility index (Phi) is 3.02. The second kappa shape index (κ2) is 4.60. The molecule has 1 amide bonds. The fourth-order valence-corrected chi connectivity index (χ4v) is 4.14. The summed E-state index contributed by atoms with van der Waals surface area (Å²) in [6, 6.07) is 6.40. The van der Waals surface area contributed by atoms with Gasteiger partial charge in [-0.05, 0) is 6.07 Å². The van der Waals surface area contributed by atoms with E-state index in [2.05, 4.69) is 0 Å². The van der Waals surface area contributed by atoms with Crippen molar-refractivity contribution in [2.24, 2.45) is 5.73 Å². The molecule has 6 nitrogen and oxygen atoms in total. The van der Waals surface area contributed by atoms with Crippen molar-refractivity contribution < 1.29 is 17.9 Å². The highest BCUT2D eigenvalue weighted by Gasteiger charge is 2.40. The molecule has 2 N–H and O–H groups in total. The zero-order valence-corrected chi connectivity index (χ0v) is 11.5. The van der Waals surface area contributed by atoms with Crippen molar-refractivity contribution in [1.82, 2.24) is 4.90 Å². The van der Waals surface area contributed by atoms with E-state index in [0.29, 0.717) is 31.9 Å². The van der Waals surface area contributed by atoms with Crippen LogP contribution in [0, 0.1) is 0 Å². The van der Waals surface area contributed by atoms with E-state index in [-0.39, 0.29) is 15.5 Å². The van der Waals surface area contributed by atoms with Crippen LogP contribution < -0.4 is 5.73 Å². The van der Waals surface area contributed by atoms with Crippen molar-refractivity contribution in [1.29, 1.82) is 0 Å². The predicted octanol–water partition coefficient (Wildman–Crippen LogP) is -0.0400. The number of fused-ring (bicyclic) bond motifs is 1. The summed E-state index contributed by atoms with van der Waals surface area (Å²) in [5.41, 5.74) is 6.34. The quantitative estimate of drug-likeness (QED) is 0.785. The lowest BCUT2D eigenvalue weighted by molar-refractivity contribution is -0.130. The monoisotopic (exact) mass is 294 g/mol. The minimum atomic E-state index is -3.82. The Morgan fingerprint density at radius 3 is 2.50 bits per heavy atom. The van der Waals surface area contributed by atoms with Gasteiger partial charge < -0.3 is 15.4 Å². The minimum absolute atomic E-state index is 0.0390. The number of nitrogens with zero attached hydrogens (tertiary/aromatic N) is 1. The van der Waals surface area contributed by atoms with Crippen molar-refractivity contribution in [3.05, 3.63) is 34.7 Å². The molecule has 2 aliphatic heterocycles. The molecule has 1 fully saturated rings. The molecule has 0 atom stereocenters. The van der Waals surface area contributed by atoms with Crippen LogP contribution in [0.1, 0.15) is 5.56 Å². The van der Waals surface area contributed by atoms with Gasteiger partial charge in [0.2, 0.25) is 9.84 Å². The molecule has 0 radical (unpaired) electrons. The number of ether oxygens (including phenoxy) is 1.